The first-order valence-electron chi connectivity index (χ1n) is 8.84. The van der Waals surface area contributed by atoms with E-state index in [1.54, 1.807) is 6.26 Å². The predicted molar refractivity (Wildman–Crippen MR) is 117 cm³/mol. The molecule has 6 nitrogen and oxygen atoms in total. The smallest absolute Gasteiger partial charge is 0.193 e. The van der Waals surface area contributed by atoms with Gasteiger partial charge in [0.2, 0.25) is 0 Å². The number of guanidine groups is 1. The van der Waals surface area contributed by atoms with Crippen LogP contribution in [0.1, 0.15) is 17.5 Å². The number of halogens is 1. The van der Waals surface area contributed by atoms with Gasteiger partial charge in [-0.25, -0.2) is 0 Å². The molecule has 1 aliphatic heterocycles. The Morgan fingerprint density at radius 1 is 1.35 bits per heavy atom. The minimum absolute atomic E-state index is 0. The summed E-state index contributed by atoms with van der Waals surface area (Å²) in [5.74, 6) is 1.60. The SMILES string of the molecule is CN=C(NCC(C)Cc1cccs1)N1CCN(Cc2ccon2)CC1.I. The van der Waals surface area contributed by atoms with Gasteiger partial charge in [0.1, 0.15) is 6.26 Å². The number of thiophene rings is 1. The molecular formula is C18H28IN5OS. The zero-order valence-corrected chi connectivity index (χ0v) is 18.6. The normalized spacial score (nSPS) is 17.0. The van der Waals surface area contributed by atoms with Crippen LogP contribution >= 0.6 is 35.3 Å². The maximum absolute atomic E-state index is 4.91. The summed E-state index contributed by atoms with van der Waals surface area (Å²) >= 11 is 1.84. The molecule has 1 unspecified atom stereocenters. The summed E-state index contributed by atoms with van der Waals surface area (Å²) in [6, 6.07) is 6.27. The average molecular weight is 489 g/mol. The maximum atomic E-state index is 4.91. The summed E-state index contributed by atoms with van der Waals surface area (Å²) in [4.78, 5) is 10.7. The Labute approximate surface area is 176 Å². The lowest BCUT2D eigenvalue weighted by molar-refractivity contribution is 0.169. The number of hydrogen-bond acceptors (Lipinski definition) is 5. The molecule has 26 heavy (non-hydrogen) atoms. The zero-order valence-electron chi connectivity index (χ0n) is 15.4. The van der Waals surface area contributed by atoms with E-state index < -0.39 is 0 Å². The first kappa shape index (κ1) is 21.2. The lowest BCUT2D eigenvalue weighted by Crippen LogP contribution is -2.52. The summed E-state index contributed by atoms with van der Waals surface area (Å²) in [7, 11) is 1.87. The van der Waals surface area contributed by atoms with Crippen molar-refractivity contribution in [2.45, 2.75) is 19.9 Å². The molecule has 0 aromatic carbocycles. The van der Waals surface area contributed by atoms with E-state index in [9.17, 15) is 0 Å². The Morgan fingerprint density at radius 3 is 2.77 bits per heavy atom. The number of nitrogens with one attached hydrogen (secondary N) is 1. The van der Waals surface area contributed by atoms with Crippen LogP contribution in [0.15, 0.2) is 39.4 Å². The lowest BCUT2D eigenvalue weighted by Gasteiger charge is -2.36. The van der Waals surface area contributed by atoms with Gasteiger partial charge in [-0.1, -0.05) is 18.1 Å². The van der Waals surface area contributed by atoms with Gasteiger partial charge in [0.15, 0.2) is 5.96 Å². The van der Waals surface area contributed by atoms with Crippen LogP contribution in [0.4, 0.5) is 0 Å². The highest BCUT2D eigenvalue weighted by atomic mass is 127. The van der Waals surface area contributed by atoms with Crippen LogP contribution in [-0.2, 0) is 13.0 Å². The van der Waals surface area contributed by atoms with Crippen molar-refractivity contribution in [1.82, 2.24) is 20.3 Å². The van der Waals surface area contributed by atoms with Crippen molar-refractivity contribution < 1.29 is 4.52 Å². The molecule has 144 valence electrons. The lowest BCUT2D eigenvalue weighted by atomic mass is 10.1. The van der Waals surface area contributed by atoms with Crippen LogP contribution < -0.4 is 5.32 Å². The van der Waals surface area contributed by atoms with Crippen molar-refractivity contribution in [3.63, 3.8) is 0 Å². The molecule has 8 heteroatoms. The molecule has 3 rings (SSSR count). The molecule has 0 aliphatic carbocycles. The number of aliphatic imine (C=N–C) groups is 1. The first-order chi connectivity index (χ1) is 12.2. The third-order valence-electron chi connectivity index (χ3n) is 4.50. The van der Waals surface area contributed by atoms with Crippen LogP contribution in [-0.4, -0.2) is 60.7 Å². The fraction of sp³-hybridized carbons (Fsp3) is 0.556. The fourth-order valence-corrected chi connectivity index (χ4v) is 3.98. The molecule has 1 fully saturated rings. The molecule has 1 aliphatic rings. The van der Waals surface area contributed by atoms with Crippen molar-refractivity contribution in [3.8, 4) is 0 Å². The average Bonchev–Trinajstić information content (AvgIpc) is 3.31. The quantitative estimate of drug-likeness (QED) is 0.384. The van der Waals surface area contributed by atoms with Gasteiger partial charge in [0, 0.05) is 57.3 Å². The van der Waals surface area contributed by atoms with Gasteiger partial charge < -0.3 is 14.7 Å². The highest BCUT2D eigenvalue weighted by Gasteiger charge is 2.20. The van der Waals surface area contributed by atoms with Crippen molar-refractivity contribution in [3.05, 3.63) is 40.4 Å². The van der Waals surface area contributed by atoms with E-state index >= 15 is 0 Å². The number of rotatable bonds is 6. The van der Waals surface area contributed by atoms with Gasteiger partial charge in [-0.05, 0) is 23.8 Å². The van der Waals surface area contributed by atoms with E-state index in [1.807, 2.05) is 24.5 Å². The molecule has 2 aromatic rings. The first-order valence-corrected chi connectivity index (χ1v) is 9.72. The Balaban J connectivity index is 0.00000243. The Bertz CT molecular complexity index is 639. The van der Waals surface area contributed by atoms with E-state index in [2.05, 4.69) is 49.7 Å². The van der Waals surface area contributed by atoms with E-state index in [1.165, 1.54) is 4.88 Å². The number of hydrogen-bond donors (Lipinski definition) is 1. The van der Waals surface area contributed by atoms with Gasteiger partial charge >= 0.3 is 0 Å². The largest absolute Gasteiger partial charge is 0.364 e. The Kier molecular flexibility index (Phi) is 8.86. The van der Waals surface area contributed by atoms with E-state index in [-0.39, 0.29) is 24.0 Å². The summed E-state index contributed by atoms with van der Waals surface area (Å²) < 4.78 is 4.91. The van der Waals surface area contributed by atoms with Crippen LogP contribution in [0.3, 0.4) is 0 Å². The van der Waals surface area contributed by atoms with Gasteiger partial charge in [0.05, 0.1) is 5.69 Å². The number of aromatic nitrogens is 1. The second kappa shape index (κ2) is 10.9. The molecule has 0 saturated carbocycles. The maximum Gasteiger partial charge on any atom is 0.193 e. The molecule has 2 aromatic heterocycles. The van der Waals surface area contributed by atoms with Gasteiger partial charge in [0.25, 0.3) is 0 Å². The molecule has 1 atom stereocenters. The number of piperazine rings is 1. The molecule has 0 spiro atoms. The van der Waals surface area contributed by atoms with Gasteiger partial charge in [-0.15, -0.1) is 35.3 Å². The minimum atomic E-state index is 0. The van der Waals surface area contributed by atoms with Gasteiger partial charge in [-0.2, -0.15) is 0 Å². The molecular weight excluding hydrogens is 461 g/mol. The van der Waals surface area contributed by atoms with Crippen LogP contribution in [0.25, 0.3) is 0 Å². The standard InChI is InChI=1S/C18H27N5OS.HI/c1-15(12-17-4-3-11-25-17)13-20-18(19-2)23-8-6-22(7-9-23)14-16-5-10-24-21-16;/h3-5,10-11,15H,6-9,12-14H2,1-2H3,(H,19,20);1H. The van der Waals surface area contributed by atoms with E-state index in [4.69, 9.17) is 4.52 Å². The third kappa shape index (κ3) is 6.24. The van der Waals surface area contributed by atoms with Crippen LogP contribution in [0.2, 0.25) is 0 Å². The topological polar surface area (TPSA) is 56.9 Å². The summed E-state index contributed by atoms with van der Waals surface area (Å²) in [6.45, 7) is 8.08. The van der Waals surface area contributed by atoms with Crippen LogP contribution in [0.5, 0.6) is 0 Å². The summed E-state index contributed by atoms with van der Waals surface area (Å²) in [5.41, 5.74) is 0.998. The molecule has 1 saturated heterocycles. The second-order valence-corrected chi connectivity index (χ2v) is 7.60. The molecule has 1 N–H and O–H groups in total. The predicted octanol–water partition coefficient (Wildman–Crippen LogP) is 2.93. The highest BCUT2D eigenvalue weighted by molar-refractivity contribution is 14.0. The van der Waals surface area contributed by atoms with Gasteiger partial charge in [-0.3, -0.25) is 9.89 Å². The fourth-order valence-electron chi connectivity index (χ4n) is 3.11. The molecule has 0 bridgehead atoms. The van der Waals surface area contributed by atoms with Crippen molar-refractivity contribution >= 4 is 41.3 Å². The van der Waals surface area contributed by atoms with E-state index in [0.717, 1.165) is 57.3 Å². The Hall–Kier alpha value is -1.13. The second-order valence-electron chi connectivity index (χ2n) is 6.57. The third-order valence-corrected chi connectivity index (χ3v) is 5.40. The van der Waals surface area contributed by atoms with Crippen molar-refractivity contribution in [2.24, 2.45) is 10.9 Å². The minimum Gasteiger partial charge on any atom is -0.364 e. The van der Waals surface area contributed by atoms with Crippen LogP contribution in [0, 0.1) is 5.92 Å². The molecule has 0 radical (unpaired) electrons. The monoisotopic (exact) mass is 489 g/mol. The Morgan fingerprint density at radius 2 is 2.15 bits per heavy atom. The van der Waals surface area contributed by atoms with Crippen molar-refractivity contribution in [1.29, 1.82) is 0 Å². The van der Waals surface area contributed by atoms with E-state index in [0.29, 0.717) is 5.92 Å². The molecule has 0 amide bonds. The number of nitrogens with zero attached hydrogens (tertiary/aromatic N) is 4. The summed E-state index contributed by atoms with van der Waals surface area (Å²) in [5, 5.41) is 9.69. The molecule has 3 heterocycles. The summed E-state index contributed by atoms with van der Waals surface area (Å²) in [6.07, 6.45) is 2.75. The zero-order chi connectivity index (χ0) is 17.5. The van der Waals surface area contributed by atoms with Crippen molar-refractivity contribution in [2.75, 3.05) is 39.8 Å². The highest BCUT2D eigenvalue weighted by Crippen LogP contribution is 2.14.